The monoisotopic (exact) mass is 503 g/mol. The van der Waals surface area contributed by atoms with E-state index in [1.54, 1.807) is 14.2 Å². The number of hydrogen-bond acceptors (Lipinski definition) is 3. The van der Waals surface area contributed by atoms with E-state index in [9.17, 15) is 0 Å². The van der Waals surface area contributed by atoms with E-state index in [0.29, 0.717) is 12.3 Å². The zero-order valence-corrected chi connectivity index (χ0v) is 19.0. The van der Waals surface area contributed by atoms with Crippen LogP contribution in [0.3, 0.4) is 0 Å². The van der Waals surface area contributed by atoms with Crippen molar-refractivity contribution < 1.29 is 9.47 Å². The van der Waals surface area contributed by atoms with E-state index in [4.69, 9.17) is 21.1 Å². The third-order valence-electron chi connectivity index (χ3n) is 3.86. The molecule has 0 heterocycles. The van der Waals surface area contributed by atoms with Crippen LogP contribution in [0.25, 0.3) is 0 Å². The third-order valence-corrected chi connectivity index (χ3v) is 4.11. The van der Waals surface area contributed by atoms with Crippen LogP contribution in [0, 0.1) is 0 Å². The molecule has 0 aliphatic carbocycles. The molecule has 148 valence electrons. The fourth-order valence-corrected chi connectivity index (χ4v) is 2.69. The topological polar surface area (TPSA) is 54.9 Å². The number of aliphatic imine (C=N–C) groups is 1. The molecule has 0 radical (unpaired) electrons. The van der Waals surface area contributed by atoms with E-state index >= 15 is 0 Å². The van der Waals surface area contributed by atoms with Crippen LogP contribution in [0.15, 0.2) is 47.5 Å². The largest absolute Gasteiger partial charge is 0.493 e. The van der Waals surface area contributed by atoms with Gasteiger partial charge >= 0.3 is 0 Å². The molecule has 0 aromatic heterocycles. The molecule has 2 aromatic carbocycles. The van der Waals surface area contributed by atoms with Crippen LogP contribution >= 0.6 is 35.6 Å². The maximum absolute atomic E-state index is 5.92. The fourth-order valence-electron chi connectivity index (χ4n) is 2.56. The number of hydrogen-bond donors (Lipinski definition) is 2. The second-order valence-electron chi connectivity index (χ2n) is 5.65. The Hall–Kier alpha value is -1.67. The quantitative estimate of drug-likeness (QED) is 0.321. The molecule has 2 rings (SSSR count). The molecule has 0 saturated heterocycles. The summed E-state index contributed by atoms with van der Waals surface area (Å²) < 4.78 is 10.8. The van der Waals surface area contributed by atoms with Gasteiger partial charge in [0.15, 0.2) is 17.5 Å². The number of para-hydroxylation sites is 1. The van der Waals surface area contributed by atoms with Crippen molar-refractivity contribution in [2.45, 2.75) is 19.9 Å². The smallest absolute Gasteiger partial charge is 0.191 e. The Morgan fingerprint density at radius 2 is 1.78 bits per heavy atom. The Morgan fingerprint density at radius 3 is 2.41 bits per heavy atom. The van der Waals surface area contributed by atoms with E-state index in [1.165, 1.54) is 5.56 Å². The maximum Gasteiger partial charge on any atom is 0.191 e. The molecule has 0 fully saturated rings. The van der Waals surface area contributed by atoms with Crippen molar-refractivity contribution in [3.8, 4) is 11.5 Å². The second kappa shape index (κ2) is 12.7. The lowest BCUT2D eigenvalue weighted by atomic mass is 10.1. The zero-order valence-electron chi connectivity index (χ0n) is 15.9. The minimum absolute atomic E-state index is 0. The molecule has 0 spiro atoms. The van der Waals surface area contributed by atoms with Crippen molar-refractivity contribution in [3.63, 3.8) is 0 Å². The normalized spacial score (nSPS) is 10.7. The van der Waals surface area contributed by atoms with Gasteiger partial charge in [0.1, 0.15) is 0 Å². The first kappa shape index (κ1) is 23.4. The standard InChI is InChI=1S/C20H26ClN3O2.HI/c1-4-22-20(23-13-12-15-8-10-17(21)11-9-15)24-14-16-6-5-7-18(25-2)19(16)26-3;/h5-11H,4,12-14H2,1-3H3,(H2,22,23,24);1H. The lowest BCUT2D eigenvalue weighted by Crippen LogP contribution is -2.38. The first-order valence-electron chi connectivity index (χ1n) is 8.64. The lowest BCUT2D eigenvalue weighted by molar-refractivity contribution is 0.352. The second-order valence-corrected chi connectivity index (χ2v) is 6.09. The van der Waals surface area contributed by atoms with Gasteiger partial charge in [-0.3, -0.25) is 0 Å². The van der Waals surface area contributed by atoms with E-state index in [-0.39, 0.29) is 24.0 Å². The lowest BCUT2D eigenvalue weighted by Gasteiger charge is -2.13. The van der Waals surface area contributed by atoms with Crippen molar-refractivity contribution >= 4 is 41.5 Å². The van der Waals surface area contributed by atoms with Crippen molar-refractivity contribution in [1.82, 2.24) is 10.6 Å². The molecule has 2 N–H and O–H groups in total. The Bertz CT molecular complexity index is 724. The first-order chi connectivity index (χ1) is 12.7. The van der Waals surface area contributed by atoms with Gasteiger partial charge in [-0.05, 0) is 37.1 Å². The summed E-state index contributed by atoms with van der Waals surface area (Å²) in [6.45, 7) is 4.11. The highest BCUT2D eigenvalue weighted by Gasteiger charge is 2.09. The molecular weight excluding hydrogens is 477 g/mol. The van der Waals surface area contributed by atoms with Crippen LogP contribution in [0.2, 0.25) is 5.02 Å². The third kappa shape index (κ3) is 7.46. The van der Waals surface area contributed by atoms with Crippen LogP contribution in [0.5, 0.6) is 11.5 Å². The molecular formula is C20H27ClIN3O2. The highest BCUT2D eigenvalue weighted by molar-refractivity contribution is 14.0. The average Bonchev–Trinajstić information content (AvgIpc) is 2.67. The van der Waals surface area contributed by atoms with Gasteiger partial charge in [0, 0.05) is 23.7 Å². The van der Waals surface area contributed by atoms with Crippen LogP contribution < -0.4 is 20.1 Å². The molecule has 0 aliphatic rings. The Morgan fingerprint density at radius 1 is 1.04 bits per heavy atom. The van der Waals surface area contributed by atoms with Crippen molar-refractivity contribution in [3.05, 3.63) is 58.6 Å². The molecule has 0 bridgehead atoms. The molecule has 0 atom stereocenters. The van der Waals surface area contributed by atoms with Gasteiger partial charge in [0.2, 0.25) is 0 Å². The van der Waals surface area contributed by atoms with Gasteiger partial charge < -0.3 is 20.1 Å². The molecule has 5 nitrogen and oxygen atoms in total. The van der Waals surface area contributed by atoms with E-state index < -0.39 is 0 Å². The molecule has 0 unspecified atom stereocenters. The summed E-state index contributed by atoms with van der Waals surface area (Å²) in [7, 11) is 3.27. The molecule has 0 amide bonds. The van der Waals surface area contributed by atoms with Gasteiger partial charge in [-0.15, -0.1) is 24.0 Å². The summed E-state index contributed by atoms with van der Waals surface area (Å²) >= 11 is 5.92. The molecule has 0 aliphatic heterocycles. The number of rotatable bonds is 8. The first-order valence-corrected chi connectivity index (χ1v) is 9.02. The summed E-state index contributed by atoms with van der Waals surface area (Å²) in [6, 6.07) is 13.7. The Kier molecular flexibility index (Phi) is 11.0. The van der Waals surface area contributed by atoms with E-state index in [2.05, 4.69) is 15.6 Å². The van der Waals surface area contributed by atoms with Crippen LogP contribution in [-0.4, -0.2) is 33.3 Å². The Labute approximate surface area is 183 Å². The average molecular weight is 504 g/mol. The number of guanidine groups is 1. The zero-order chi connectivity index (χ0) is 18.8. The molecule has 27 heavy (non-hydrogen) atoms. The van der Waals surface area contributed by atoms with Crippen molar-refractivity contribution in [2.75, 3.05) is 27.3 Å². The van der Waals surface area contributed by atoms with Gasteiger partial charge in [0.25, 0.3) is 0 Å². The minimum Gasteiger partial charge on any atom is -0.493 e. The number of nitrogens with zero attached hydrogens (tertiary/aromatic N) is 1. The highest BCUT2D eigenvalue weighted by Crippen LogP contribution is 2.31. The highest BCUT2D eigenvalue weighted by atomic mass is 127. The molecule has 2 aromatic rings. The predicted molar refractivity (Wildman–Crippen MR) is 123 cm³/mol. The summed E-state index contributed by atoms with van der Waals surface area (Å²) in [5.41, 5.74) is 2.20. The van der Waals surface area contributed by atoms with Crippen molar-refractivity contribution in [2.24, 2.45) is 4.99 Å². The van der Waals surface area contributed by atoms with Crippen LogP contribution in [0.4, 0.5) is 0 Å². The maximum atomic E-state index is 5.92. The number of nitrogens with one attached hydrogen (secondary N) is 2. The van der Waals surface area contributed by atoms with E-state index in [1.807, 2.05) is 49.4 Å². The SMILES string of the molecule is CCNC(=NCc1cccc(OC)c1OC)NCCc1ccc(Cl)cc1.I. The van der Waals surface area contributed by atoms with Gasteiger partial charge in [0.05, 0.1) is 20.8 Å². The van der Waals surface area contributed by atoms with Gasteiger partial charge in [-0.25, -0.2) is 4.99 Å². The van der Waals surface area contributed by atoms with Gasteiger partial charge in [-0.1, -0.05) is 35.9 Å². The van der Waals surface area contributed by atoms with Crippen LogP contribution in [0.1, 0.15) is 18.1 Å². The number of benzene rings is 2. The molecule has 7 heteroatoms. The summed E-state index contributed by atoms with van der Waals surface area (Å²) in [5.74, 6) is 2.20. The number of ether oxygens (including phenoxy) is 2. The summed E-state index contributed by atoms with van der Waals surface area (Å²) in [6.07, 6.45) is 0.893. The number of halogens is 2. The number of methoxy groups -OCH3 is 2. The van der Waals surface area contributed by atoms with Gasteiger partial charge in [-0.2, -0.15) is 0 Å². The fraction of sp³-hybridized carbons (Fsp3) is 0.350. The van der Waals surface area contributed by atoms with E-state index in [0.717, 1.165) is 41.8 Å². The summed E-state index contributed by atoms with van der Waals surface area (Å²) in [5, 5.41) is 7.37. The predicted octanol–water partition coefficient (Wildman–Crippen LogP) is 4.27. The summed E-state index contributed by atoms with van der Waals surface area (Å²) in [4.78, 5) is 4.65. The Balaban J connectivity index is 0.00000364. The van der Waals surface area contributed by atoms with Crippen LogP contribution in [-0.2, 0) is 13.0 Å². The van der Waals surface area contributed by atoms with Crippen molar-refractivity contribution in [1.29, 1.82) is 0 Å². The molecule has 0 saturated carbocycles. The minimum atomic E-state index is 0.